The molecule has 1 unspecified atom stereocenters. The molecule has 96 valence electrons. The summed E-state index contributed by atoms with van der Waals surface area (Å²) in [7, 11) is 1.89. The molecule has 5 nitrogen and oxygen atoms in total. The molecular weight excluding hydrogens is 216 g/mol. The second kappa shape index (κ2) is 4.64. The van der Waals surface area contributed by atoms with Gasteiger partial charge in [-0.2, -0.15) is 0 Å². The molecule has 0 radical (unpaired) electrons. The van der Waals surface area contributed by atoms with Gasteiger partial charge >= 0.3 is 6.01 Å². The van der Waals surface area contributed by atoms with Gasteiger partial charge in [-0.05, 0) is 32.2 Å². The van der Waals surface area contributed by atoms with Crippen molar-refractivity contribution in [2.24, 2.45) is 5.41 Å². The monoisotopic (exact) mass is 238 g/mol. The SMILES string of the molecule is CNC(C)c1nnc(N2CCCC(C)(C)C2)o1. The Morgan fingerprint density at radius 3 is 2.82 bits per heavy atom. The first-order chi connectivity index (χ1) is 8.02. The van der Waals surface area contributed by atoms with Crippen LogP contribution in [0.15, 0.2) is 4.42 Å². The molecule has 0 bridgehead atoms. The van der Waals surface area contributed by atoms with E-state index in [1.807, 2.05) is 14.0 Å². The van der Waals surface area contributed by atoms with E-state index in [0.717, 1.165) is 13.1 Å². The van der Waals surface area contributed by atoms with Crippen LogP contribution in [0.4, 0.5) is 6.01 Å². The maximum absolute atomic E-state index is 5.71. The lowest BCUT2D eigenvalue weighted by Gasteiger charge is -2.36. The van der Waals surface area contributed by atoms with Crippen LogP contribution < -0.4 is 10.2 Å². The maximum Gasteiger partial charge on any atom is 0.318 e. The van der Waals surface area contributed by atoms with E-state index >= 15 is 0 Å². The highest BCUT2D eigenvalue weighted by molar-refractivity contribution is 5.26. The van der Waals surface area contributed by atoms with Crippen molar-refractivity contribution in [3.8, 4) is 0 Å². The predicted octanol–water partition coefficient (Wildman–Crippen LogP) is 1.98. The van der Waals surface area contributed by atoms with E-state index in [0.29, 0.717) is 17.3 Å². The fourth-order valence-corrected chi connectivity index (χ4v) is 2.24. The number of piperidine rings is 1. The molecule has 1 fully saturated rings. The molecule has 5 heteroatoms. The van der Waals surface area contributed by atoms with Crippen molar-refractivity contribution in [2.75, 3.05) is 25.0 Å². The average molecular weight is 238 g/mol. The number of nitrogens with zero attached hydrogens (tertiary/aromatic N) is 3. The van der Waals surface area contributed by atoms with E-state index in [-0.39, 0.29) is 6.04 Å². The lowest BCUT2D eigenvalue weighted by atomic mass is 9.84. The number of rotatable bonds is 3. The van der Waals surface area contributed by atoms with Gasteiger partial charge in [-0.25, -0.2) is 0 Å². The molecule has 0 amide bonds. The van der Waals surface area contributed by atoms with Gasteiger partial charge in [0.15, 0.2) is 0 Å². The molecule has 0 aliphatic carbocycles. The van der Waals surface area contributed by atoms with Crippen molar-refractivity contribution < 1.29 is 4.42 Å². The van der Waals surface area contributed by atoms with Crippen molar-refractivity contribution in [3.05, 3.63) is 5.89 Å². The number of hydrogen-bond donors (Lipinski definition) is 1. The highest BCUT2D eigenvalue weighted by Gasteiger charge is 2.29. The Hall–Kier alpha value is -1.10. The second-order valence-corrected chi connectivity index (χ2v) is 5.62. The Morgan fingerprint density at radius 1 is 1.41 bits per heavy atom. The molecule has 1 saturated heterocycles. The summed E-state index contributed by atoms with van der Waals surface area (Å²) in [5.41, 5.74) is 0.335. The van der Waals surface area contributed by atoms with E-state index in [9.17, 15) is 0 Å². The largest absolute Gasteiger partial charge is 0.406 e. The zero-order chi connectivity index (χ0) is 12.5. The Kier molecular flexibility index (Phi) is 3.38. The third-order valence-electron chi connectivity index (χ3n) is 3.40. The molecule has 0 spiro atoms. The minimum atomic E-state index is 0.106. The van der Waals surface area contributed by atoms with Gasteiger partial charge in [0.25, 0.3) is 0 Å². The topological polar surface area (TPSA) is 54.2 Å². The van der Waals surface area contributed by atoms with Crippen LogP contribution in [0.2, 0.25) is 0 Å². The number of hydrogen-bond acceptors (Lipinski definition) is 5. The summed E-state index contributed by atoms with van der Waals surface area (Å²) in [6.45, 7) is 8.58. The second-order valence-electron chi connectivity index (χ2n) is 5.62. The standard InChI is InChI=1S/C12H22N4O/c1-9(13-4)10-14-15-11(17-10)16-7-5-6-12(2,3)8-16/h9,13H,5-8H2,1-4H3. The summed E-state index contributed by atoms with van der Waals surface area (Å²) in [6, 6.07) is 0.768. The fourth-order valence-electron chi connectivity index (χ4n) is 2.24. The quantitative estimate of drug-likeness (QED) is 0.872. The highest BCUT2D eigenvalue weighted by Crippen LogP contribution is 2.31. The molecular formula is C12H22N4O. The minimum Gasteiger partial charge on any atom is -0.406 e. The first kappa shape index (κ1) is 12.4. The van der Waals surface area contributed by atoms with Crippen LogP contribution in [0.25, 0.3) is 0 Å². The Bertz CT molecular complexity index is 374. The van der Waals surface area contributed by atoms with Crippen LogP contribution in [-0.2, 0) is 0 Å². The molecule has 1 aliphatic heterocycles. The molecule has 1 N–H and O–H groups in total. The van der Waals surface area contributed by atoms with Crippen LogP contribution in [0.3, 0.4) is 0 Å². The van der Waals surface area contributed by atoms with Gasteiger partial charge in [-0.1, -0.05) is 18.9 Å². The van der Waals surface area contributed by atoms with E-state index in [1.54, 1.807) is 0 Å². The van der Waals surface area contributed by atoms with E-state index in [1.165, 1.54) is 12.8 Å². The van der Waals surface area contributed by atoms with E-state index in [4.69, 9.17) is 4.42 Å². The van der Waals surface area contributed by atoms with Crippen molar-refractivity contribution in [2.45, 2.75) is 39.7 Å². The number of anilines is 1. The summed E-state index contributed by atoms with van der Waals surface area (Å²) in [5.74, 6) is 0.658. The molecule has 17 heavy (non-hydrogen) atoms. The summed E-state index contributed by atoms with van der Waals surface area (Å²) >= 11 is 0. The summed E-state index contributed by atoms with van der Waals surface area (Å²) in [5, 5.41) is 11.3. The van der Waals surface area contributed by atoms with Crippen molar-refractivity contribution in [1.82, 2.24) is 15.5 Å². The zero-order valence-electron chi connectivity index (χ0n) is 11.2. The third kappa shape index (κ3) is 2.77. The molecule has 0 saturated carbocycles. The fraction of sp³-hybridized carbons (Fsp3) is 0.833. The first-order valence-corrected chi connectivity index (χ1v) is 6.27. The van der Waals surface area contributed by atoms with Crippen LogP contribution in [0, 0.1) is 5.41 Å². The van der Waals surface area contributed by atoms with Crippen LogP contribution >= 0.6 is 0 Å². The lowest BCUT2D eigenvalue weighted by molar-refractivity contribution is 0.281. The van der Waals surface area contributed by atoms with Gasteiger partial charge in [0, 0.05) is 13.1 Å². The molecule has 1 aromatic heterocycles. The molecule has 1 aliphatic rings. The van der Waals surface area contributed by atoms with Gasteiger partial charge in [-0.15, -0.1) is 5.10 Å². The maximum atomic E-state index is 5.71. The molecule has 2 rings (SSSR count). The van der Waals surface area contributed by atoms with Gasteiger partial charge in [0.2, 0.25) is 5.89 Å². The van der Waals surface area contributed by atoms with Gasteiger partial charge < -0.3 is 14.6 Å². The third-order valence-corrected chi connectivity index (χ3v) is 3.40. The number of nitrogens with one attached hydrogen (secondary N) is 1. The van der Waals surface area contributed by atoms with E-state index < -0.39 is 0 Å². The van der Waals surface area contributed by atoms with Crippen molar-refractivity contribution in [3.63, 3.8) is 0 Å². The van der Waals surface area contributed by atoms with Crippen molar-refractivity contribution >= 4 is 6.01 Å². The first-order valence-electron chi connectivity index (χ1n) is 6.27. The molecule has 1 aromatic rings. The smallest absolute Gasteiger partial charge is 0.318 e. The van der Waals surface area contributed by atoms with Crippen molar-refractivity contribution in [1.29, 1.82) is 0 Å². The van der Waals surface area contributed by atoms with Crippen LogP contribution in [-0.4, -0.2) is 30.3 Å². The van der Waals surface area contributed by atoms with Gasteiger partial charge in [-0.3, -0.25) is 0 Å². The summed E-state index contributed by atoms with van der Waals surface area (Å²) in [6.07, 6.45) is 2.45. The summed E-state index contributed by atoms with van der Waals surface area (Å²) in [4.78, 5) is 2.20. The zero-order valence-corrected chi connectivity index (χ0v) is 11.2. The minimum absolute atomic E-state index is 0.106. The van der Waals surface area contributed by atoms with Gasteiger partial charge in [0.05, 0.1) is 6.04 Å². The lowest BCUT2D eigenvalue weighted by Crippen LogP contribution is -2.40. The molecule has 1 atom stereocenters. The Labute approximate surface area is 103 Å². The average Bonchev–Trinajstić information content (AvgIpc) is 2.76. The van der Waals surface area contributed by atoms with Gasteiger partial charge in [0.1, 0.15) is 0 Å². The Morgan fingerprint density at radius 2 is 2.18 bits per heavy atom. The summed E-state index contributed by atoms with van der Waals surface area (Å²) < 4.78 is 5.71. The predicted molar refractivity (Wildman–Crippen MR) is 67.0 cm³/mol. The van der Waals surface area contributed by atoms with Crippen LogP contribution in [0.5, 0.6) is 0 Å². The highest BCUT2D eigenvalue weighted by atomic mass is 16.4. The number of aromatic nitrogens is 2. The van der Waals surface area contributed by atoms with Crippen LogP contribution in [0.1, 0.15) is 45.5 Å². The molecule has 0 aromatic carbocycles. The molecule has 2 heterocycles. The van der Waals surface area contributed by atoms with E-state index in [2.05, 4.69) is 34.3 Å². The Balaban J connectivity index is 2.09. The normalized spacial score (nSPS) is 21.5.